The maximum absolute atomic E-state index is 11.4. The third-order valence-corrected chi connectivity index (χ3v) is 2.52. The second-order valence-corrected chi connectivity index (χ2v) is 3.66. The first-order valence-electron chi connectivity index (χ1n) is 4.80. The van der Waals surface area contributed by atoms with Gasteiger partial charge >= 0.3 is 0 Å². The quantitative estimate of drug-likeness (QED) is 0.633. The number of rotatable bonds is 4. The van der Waals surface area contributed by atoms with Gasteiger partial charge in [0, 0.05) is 33.2 Å². The summed E-state index contributed by atoms with van der Waals surface area (Å²) in [6.45, 7) is 5.64. The Kier molecular flexibility index (Phi) is 3.69. The van der Waals surface area contributed by atoms with Gasteiger partial charge < -0.3 is 10.2 Å². The lowest BCUT2D eigenvalue weighted by molar-refractivity contribution is -0.130. The zero-order valence-electron chi connectivity index (χ0n) is 8.71. The van der Waals surface area contributed by atoms with Crippen molar-refractivity contribution in [2.75, 3.05) is 40.3 Å². The molecule has 1 fully saturated rings. The van der Waals surface area contributed by atoms with Gasteiger partial charge in [-0.15, -0.1) is 0 Å². The van der Waals surface area contributed by atoms with E-state index in [4.69, 9.17) is 0 Å². The predicted molar refractivity (Wildman–Crippen MR) is 52.6 cm³/mol. The summed E-state index contributed by atoms with van der Waals surface area (Å²) in [5.41, 5.74) is 0. The first-order chi connectivity index (χ1) is 6.15. The first-order valence-corrected chi connectivity index (χ1v) is 4.80. The van der Waals surface area contributed by atoms with E-state index >= 15 is 0 Å². The van der Waals surface area contributed by atoms with Gasteiger partial charge in [0.25, 0.3) is 0 Å². The molecule has 0 aromatic rings. The van der Waals surface area contributed by atoms with Gasteiger partial charge in [-0.1, -0.05) is 6.92 Å². The fraction of sp³-hybridized carbons (Fsp3) is 0.889. The molecule has 0 aliphatic carbocycles. The van der Waals surface area contributed by atoms with Crippen LogP contribution in [0.15, 0.2) is 0 Å². The van der Waals surface area contributed by atoms with Gasteiger partial charge in [0.2, 0.25) is 5.91 Å². The van der Waals surface area contributed by atoms with Crippen molar-refractivity contribution in [3.63, 3.8) is 0 Å². The van der Waals surface area contributed by atoms with Crippen LogP contribution >= 0.6 is 0 Å². The molecule has 0 bridgehead atoms. The zero-order chi connectivity index (χ0) is 9.84. The number of nitrogens with one attached hydrogen (secondary N) is 1. The van der Waals surface area contributed by atoms with Gasteiger partial charge in [-0.05, 0) is 6.54 Å². The Balaban J connectivity index is 2.34. The Morgan fingerprint density at radius 2 is 2.08 bits per heavy atom. The van der Waals surface area contributed by atoms with E-state index in [0.717, 1.165) is 19.6 Å². The highest BCUT2D eigenvalue weighted by molar-refractivity contribution is 5.77. The van der Waals surface area contributed by atoms with E-state index in [1.54, 1.807) is 19.0 Å². The van der Waals surface area contributed by atoms with Crippen molar-refractivity contribution >= 4 is 5.91 Å². The van der Waals surface area contributed by atoms with Crippen molar-refractivity contribution in [2.24, 2.45) is 0 Å². The molecule has 1 heterocycles. The Labute approximate surface area is 79.9 Å². The third kappa shape index (κ3) is 2.67. The molecular weight excluding hydrogens is 166 g/mol. The average molecular weight is 185 g/mol. The maximum Gasteiger partial charge on any atom is 0.236 e. The van der Waals surface area contributed by atoms with E-state index in [0.29, 0.717) is 12.6 Å². The van der Waals surface area contributed by atoms with Crippen LogP contribution in [0.25, 0.3) is 0 Å². The van der Waals surface area contributed by atoms with Gasteiger partial charge in [-0.2, -0.15) is 0 Å². The highest BCUT2D eigenvalue weighted by Gasteiger charge is 2.24. The maximum atomic E-state index is 11.4. The summed E-state index contributed by atoms with van der Waals surface area (Å²) in [6, 6.07) is 0.564. The highest BCUT2D eigenvalue weighted by atomic mass is 16.2. The van der Waals surface area contributed by atoms with E-state index in [1.807, 2.05) is 0 Å². The summed E-state index contributed by atoms with van der Waals surface area (Å²) in [4.78, 5) is 15.3. The molecule has 1 aliphatic heterocycles. The topological polar surface area (TPSA) is 35.6 Å². The molecule has 1 aliphatic rings. The zero-order valence-corrected chi connectivity index (χ0v) is 8.71. The number of likely N-dealkylation sites (N-methyl/N-ethyl adjacent to an activating group) is 2. The molecule has 0 atom stereocenters. The SMILES string of the molecule is CCN(CC(=O)N(C)C)C1CNC1. The van der Waals surface area contributed by atoms with Crippen molar-refractivity contribution in [1.82, 2.24) is 15.1 Å². The Bertz CT molecular complexity index is 178. The summed E-state index contributed by atoms with van der Waals surface area (Å²) < 4.78 is 0. The van der Waals surface area contributed by atoms with Crippen LogP contribution in [0.2, 0.25) is 0 Å². The number of carbonyl (C=O) groups is 1. The Morgan fingerprint density at radius 3 is 2.38 bits per heavy atom. The molecule has 0 unspecified atom stereocenters. The van der Waals surface area contributed by atoms with Crippen LogP contribution in [0, 0.1) is 0 Å². The van der Waals surface area contributed by atoms with E-state index in [9.17, 15) is 4.79 Å². The minimum atomic E-state index is 0.189. The summed E-state index contributed by atoms with van der Waals surface area (Å²) in [6.07, 6.45) is 0. The van der Waals surface area contributed by atoms with Crippen LogP contribution in [0.4, 0.5) is 0 Å². The Morgan fingerprint density at radius 1 is 1.46 bits per heavy atom. The summed E-state index contributed by atoms with van der Waals surface area (Å²) >= 11 is 0. The molecule has 0 saturated carbocycles. The molecule has 0 aromatic carbocycles. The molecule has 1 saturated heterocycles. The number of amides is 1. The molecule has 0 spiro atoms. The molecule has 1 N–H and O–H groups in total. The second-order valence-electron chi connectivity index (χ2n) is 3.66. The van der Waals surface area contributed by atoms with Gasteiger partial charge in [0.05, 0.1) is 6.54 Å². The molecule has 0 radical (unpaired) electrons. The minimum Gasteiger partial charge on any atom is -0.348 e. The summed E-state index contributed by atoms with van der Waals surface area (Å²) in [5, 5.41) is 3.21. The molecule has 13 heavy (non-hydrogen) atoms. The number of nitrogens with zero attached hydrogens (tertiary/aromatic N) is 2. The Hall–Kier alpha value is -0.610. The smallest absolute Gasteiger partial charge is 0.236 e. The lowest BCUT2D eigenvalue weighted by atomic mass is 10.1. The molecule has 4 nitrogen and oxygen atoms in total. The van der Waals surface area contributed by atoms with Crippen LogP contribution in [0.5, 0.6) is 0 Å². The fourth-order valence-corrected chi connectivity index (χ4v) is 1.35. The van der Waals surface area contributed by atoms with Crippen LogP contribution < -0.4 is 5.32 Å². The standard InChI is InChI=1S/C9H19N3O/c1-4-12(8-5-10-6-8)7-9(13)11(2)3/h8,10H,4-7H2,1-3H3. The average Bonchev–Trinajstić information content (AvgIpc) is 1.99. The minimum absolute atomic E-state index is 0.189. The molecule has 0 aromatic heterocycles. The van der Waals surface area contributed by atoms with Crippen LogP contribution in [0.3, 0.4) is 0 Å². The molecule has 4 heteroatoms. The summed E-state index contributed by atoms with van der Waals surface area (Å²) in [7, 11) is 3.60. The largest absolute Gasteiger partial charge is 0.348 e. The number of hydrogen-bond donors (Lipinski definition) is 1. The number of carbonyl (C=O) groups excluding carboxylic acids is 1. The van der Waals surface area contributed by atoms with E-state index in [1.165, 1.54) is 0 Å². The van der Waals surface area contributed by atoms with E-state index in [-0.39, 0.29) is 5.91 Å². The molecule has 76 valence electrons. The van der Waals surface area contributed by atoms with Gasteiger partial charge in [-0.25, -0.2) is 0 Å². The third-order valence-electron chi connectivity index (χ3n) is 2.52. The normalized spacial score (nSPS) is 17.2. The van der Waals surface area contributed by atoms with Crippen molar-refractivity contribution in [3.8, 4) is 0 Å². The van der Waals surface area contributed by atoms with Gasteiger partial charge in [0.15, 0.2) is 0 Å². The molecule has 1 amide bonds. The molecule has 1 rings (SSSR count). The first kappa shape index (κ1) is 10.5. The van der Waals surface area contributed by atoms with Crippen molar-refractivity contribution in [1.29, 1.82) is 0 Å². The van der Waals surface area contributed by atoms with Crippen molar-refractivity contribution in [2.45, 2.75) is 13.0 Å². The molecular formula is C9H19N3O. The van der Waals surface area contributed by atoms with Gasteiger partial charge in [0.1, 0.15) is 0 Å². The second kappa shape index (κ2) is 4.58. The highest BCUT2D eigenvalue weighted by Crippen LogP contribution is 2.04. The van der Waals surface area contributed by atoms with Crippen LogP contribution in [-0.2, 0) is 4.79 Å². The number of hydrogen-bond acceptors (Lipinski definition) is 3. The van der Waals surface area contributed by atoms with Gasteiger partial charge in [-0.3, -0.25) is 9.69 Å². The van der Waals surface area contributed by atoms with E-state index in [2.05, 4.69) is 17.1 Å². The van der Waals surface area contributed by atoms with Crippen molar-refractivity contribution in [3.05, 3.63) is 0 Å². The summed E-state index contributed by atoms with van der Waals surface area (Å²) in [5.74, 6) is 0.189. The van der Waals surface area contributed by atoms with Crippen LogP contribution in [0.1, 0.15) is 6.92 Å². The van der Waals surface area contributed by atoms with Crippen molar-refractivity contribution < 1.29 is 4.79 Å². The predicted octanol–water partition coefficient (Wildman–Crippen LogP) is -0.632. The fourth-order valence-electron chi connectivity index (χ4n) is 1.35. The van der Waals surface area contributed by atoms with Crippen LogP contribution in [-0.4, -0.2) is 62.0 Å². The lowest BCUT2D eigenvalue weighted by Gasteiger charge is -2.37. The monoisotopic (exact) mass is 185 g/mol. The lowest BCUT2D eigenvalue weighted by Crippen LogP contribution is -2.58. The van der Waals surface area contributed by atoms with E-state index < -0.39 is 0 Å².